The maximum atomic E-state index is 5.79. The van der Waals surface area contributed by atoms with Crippen LogP contribution in [0.25, 0.3) is 0 Å². The molecule has 0 amide bonds. The van der Waals surface area contributed by atoms with Crippen LogP contribution in [-0.2, 0) is 0 Å². The van der Waals surface area contributed by atoms with E-state index in [0.29, 0.717) is 5.75 Å². The molecule has 5 heteroatoms. The van der Waals surface area contributed by atoms with Crippen LogP contribution in [-0.4, -0.2) is 19.2 Å². The van der Waals surface area contributed by atoms with Gasteiger partial charge in [0.15, 0.2) is 0 Å². The molecule has 21 heavy (non-hydrogen) atoms. The second-order valence-corrected chi connectivity index (χ2v) is 4.85. The van der Waals surface area contributed by atoms with Gasteiger partial charge in [0, 0.05) is 17.3 Å². The second kappa shape index (κ2) is 6.56. The molecule has 1 unspecified atom stereocenters. The van der Waals surface area contributed by atoms with E-state index in [1.54, 1.807) is 26.6 Å². The topological polar surface area (TPSA) is 69.4 Å². The van der Waals surface area contributed by atoms with Gasteiger partial charge in [-0.05, 0) is 31.0 Å². The number of hydrogen-bond acceptors (Lipinski definition) is 5. The Kier molecular flexibility index (Phi) is 4.77. The third-order valence-corrected chi connectivity index (χ3v) is 3.74. The molecule has 0 radical (unpaired) electrons. The summed E-state index contributed by atoms with van der Waals surface area (Å²) in [6.45, 7) is 4.09. The van der Waals surface area contributed by atoms with E-state index in [0.717, 1.165) is 22.4 Å². The summed E-state index contributed by atoms with van der Waals surface area (Å²) in [6.07, 6.45) is 3.39. The van der Waals surface area contributed by atoms with Gasteiger partial charge >= 0.3 is 0 Å². The fourth-order valence-corrected chi connectivity index (χ4v) is 2.46. The number of nitrogens with zero attached hydrogens (tertiary/aromatic N) is 1. The highest BCUT2D eigenvalue weighted by molar-refractivity contribution is 5.51. The van der Waals surface area contributed by atoms with Crippen LogP contribution in [0, 0.1) is 13.8 Å². The second-order valence-electron chi connectivity index (χ2n) is 4.85. The van der Waals surface area contributed by atoms with E-state index in [1.807, 2.05) is 19.1 Å². The molecule has 0 bridgehead atoms. The normalized spacial score (nSPS) is 12.0. The lowest BCUT2D eigenvalue weighted by atomic mass is 9.94. The van der Waals surface area contributed by atoms with Crippen molar-refractivity contribution in [3.63, 3.8) is 0 Å². The van der Waals surface area contributed by atoms with Crippen LogP contribution >= 0.6 is 0 Å². The number of aromatic nitrogens is 1. The largest absolute Gasteiger partial charge is 0.496 e. The zero-order valence-corrected chi connectivity index (χ0v) is 12.8. The Morgan fingerprint density at radius 1 is 1.10 bits per heavy atom. The third kappa shape index (κ3) is 2.84. The number of rotatable bonds is 5. The standard InChI is InChI=1S/C16H21N3O2/c1-10-5-6-13(16(21-4)11(10)2)15(19-17)12-7-8-18-9-14(12)20-3/h5-9,15,19H,17H2,1-4H3. The van der Waals surface area contributed by atoms with E-state index in [-0.39, 0.29) is 6.04 Å². The first kappa shape index (κ1) is 15.3. The van der Waals surface area contributed by atoms with E-state index in [1.165, 1.54) is 5.56 Å². The summed E-state index contributed by atoms with van der Waals surface area (Å²) in [5, 5.41) is 0. The molecular formula is C16H21N3O2. The van der Waals surface area contributed by atoms with Crippen molar-refractivity contribution in [1.29, 1.82) is 0 Å². The summed E-state index contributed by atoms with van der Waals surface area (Å²) in [6, 6.07) is 5.73. The zero-order valence-electron chi connectivity index (χ0n) is 12.8. The summed E-state index contributed by atoms with van der Waals surface area (Å²) in [4.78, 5) is 4.08. The predicted octanol–water partition coefficient (Wildman–Crippen LogP) is 2.27. The number of ether oxygens (including phenoxy) is 2. The maximum absolute atomic E-state index is 5.79. The Balaban J connectivity index is 2.59. The highest BCUT2D eigenvalue weighted by Crippen LogP contribution is 2.36. The summed E-state index contributed by atoms with van der Waals surface area (Å²) in [5.41, 5.74) is 7.00. The van der Waals surface area contributed by atoms with E-state index >= 15 is 0 Å². The number of aryl methyl sites for hydroxylation is 1. The Bertz CT molecular complexity index is 629. The summed E-state index contributed by atoms with van der Waals surface area (Å²) >= 11 is 0. The minimum absolute atomic E-state index is 0.239. The molecule has 1 heterocycles. The summed E-state index contributed by atoms with van der Waals surface area (Å²) < 4.78 is 11.0. The number of nitrogens with one attached hydrogen (secondary N) is 1. The van der Waals surface area contributed by atoms with Crippen molar-refractivity contribution in [2.75, 3.05) is 14.2 Å². The monoisotopic (exact) mass is 287 g/mol. The molecule has 1 aromatic heterocycles. The molecule has 0 saturated carbocycles. The predicted molar refractivity (Wildman–Crippen MR) is 82.4 cm³/mol. The van der Waals surface area contributed by atoms with Crippen LogP contribution in [0.3, 0.4) is 0 Å². The third-order valence-electron chi connectivity index (χ3n) is 3.74. The van der Waals surface area contributed by atoms with Crippen LogP contribution < -0.4 is 20.7 Å². The number of pyridine rings is 1. The van der Waals surface area contributed by atoms with Crippen LogP contribution in [0.4, 0.5) is 0 Å². The van der Waals surface area contributed by atoms with Crippen LogP contribution in [0.5, 0.6) is 11.5 Å². The Labute approximate surface area is 125 Å². The maximum Gasteiger partial charge on any atom is 0.142 e. The van der Waals surface area contributed by atoms with E-state index in [2.05, 4.69) is 23.4 Å². The van der Waals surface area contributed by atoms with Crippen molar-refractivity contribution in [3.05, 3.63) is 52.8 Å². The number of hydrazine groups is 1. The molecule has 112 valence electrons. The fraction of sp³-hybridized carbons (Fsp3) is 0.312. The quantitative estimate of drug-likeness (QED) is 0.652. The lowest BCUT2D eigenvalue weighted by molar-refractivity contribution is 0.391. The molecule has 0 aliphatic heterocycles. The van der Waals surface area contributed by atoms with Crippen molar-refractivity contribution < 1.29 is 9.47 Å². The lowest BCUT2D eigenvalue weighted by Gasteiger charge is -2.23. The van der Waals surface area contributed by atoms with Gasteiger partial charge in [0.25, 0.3) is 0 Å². The van der Waals surface area contributed by atoms with Crippen LogP contribution in [0.15, 0.2) is 30.6 Å². The minimum Gasteiger partial charge on any atom is -0.496 e. The zero-order chi connectivity index (χ0) is 15.4. The SMILES string of the molecule is COc1cnccc1C(NN)c1ccc(C)c(C)c1OC. The Hall–Kier alpha value is -2.11. The number of nitrogens with two attached hydrogens (primary N) is 1. The van der Waals surface area contributed by atoms with Crippen LogP contribution in [0.1, 0.15) is 28.3 Å². The highest BCUT2D eigenvalue weighted by atomic mass is 16.5. The fourth-order valence-electron chi connectivity index (χ4n) is 2.46. The van der Waals surface area contributed by atoms with Gasteiger partial charge in [-0.25, -0.2) is 5.43 Å². The van der Waals surface area contributed by atoms with E-state index in [4.69, 9.17) is 15.3 Å². The number of hydrogen-bond donors (Lipinski definition) is 2. The van der Waals surface area contributed by atoms with Gasteiger partial charge in [-0.2, -0.15) is 0 Å². The molecular weight excluding hydrogens is 266 g/mol. The van der Waals surface area contributed by atoms with Gasteiger partial charge in [-0.3, -0.25) is 10.8 Å². The molecule has 0 aliphatic rings. The molecule has 0 saturated heterocycles. The first-order valence-corrected chi connectivity index (χ1v) is 6.72. The van der Waals surface area contributed by atoms with Gasteiger partial charge in [0.2, 0.25) is 0 Å². The molecule has 2 aromatic rings. The first-order valence-electron chi connectivity index (χ1n) is 6.72. The van der Waals surface area contributed by atoms with Crippen molar-refractivity contribution >= 4 is 0 Å². The van der Waals surface area contributed by atoms with E-state index < -0.39 is 0 Å². The first-order chi connectivity index (χ1) is 10.1. The molecule has 2 rings (SSSR count). The van der Waals surface area contributed by atoms with Gasteiger partial charge in [0.05, 0.1) is 26.5 Å². The molecule has 0 aliphatic carbocycles. The summed E-state index contributed by atoms with van der Waals surface area (Å²) in [7, 11) is 3.29. The van der Waals surface area contributed by atoms with Gasteiger partial charge in [-0.15, -0.1) is 0 Å². The smallest absolute Gasteiger partial charge is 0.142 e. The van der Waals surface area contributed by atoms with Crippen LogP contribution in [0.2, 0.25) is 0 Å². The lowest BCUT2D eigenvalue weighted by Crippen LogP contribution is -2.29. The number of benzene rings is 1. The van der Waals surface area contributed by atoms with Crippen molar-refractivity contribution in [1.82, 2.24) is 10.4 Å². The van der Waals surface area contributed by atoms with Gasteiger partial charge in [0.1, 0.15) is 11.5 Å². The van der Waals surface area contributed by atoms with Gasteiger partial charge < -0.3 is 9.47 Å². The van der Waals surface area contributed by atoms with Gasteiger partial charge in [-0.1, -0.05) is 12.1 Å². The molecule has 0 spiro atoms. The summed E-state index contributed by atoms with van der Waals surface area (Å²) in [5.74, 6) is 7.30. The minimum atomic E-state index is -0.239. The number of methoxy groups -OCH3 is 2. The van der Waals surface area contributed by atoms with Crippen molar-refractivity contribution in [3.8, 4) is 11.5 Å². The molecule has 3 N–H and O–H groups in total. The molecule has 1 aromatic carbocycles. The Morgan fingerprint density at radius 3 is 2.48 bits per heavy atom. The van der Waals surface area contributed by atoms with Crippen molar-refractivity contribution in [2.24, 2.45) is 5.84 Å². The van der Waals surface area contributed by atoms with Crippen molar-refractivity contribution in [2.45, 2.75) is 19.9 Å². The molecule has 1 atom stereocenters. The average molecular weight is 287 g/mol. The average Bonchev–Trinajstić information content (AvgIpc) is 2.52. The van der Waals surface area contributed by atoms with E-state index in [9.17, 15) is 0 Å². The Morgan fingerprint density at radius 2 is 1.86 bits per heavy atom. The molecule has 0 fully saturated rings. The molecule has 5 nitrogen and oxygen atoms in total. The highest BCUT2D eigenvalue weighted by Gasteiger charge is 2.22.